The Hall–Kier alpha value is -0.980. The van der Waals surface area contributed by atoms with Crippen LogP contribution in [-0.4, -0.2) is 24.5 Å². The largest absolute Gasteiger partial charge is 0.381 e. The van der Waals surface area contributed by atoms with Crippen molar-refractivity contribution in [1.29, 1.82) is 0 Å². The van der Waals surface area contributed by atoms with Crippen molar-refractivity contribution >= 4 is 23.1 Å². The van der Waals surface area contributed by atoms with Crippen molar-refractivity contribution in [2.75, 3.05) is 0 Å². The van der Waals surface area contributed by atoms with E-state index in [1.807, 2.05) is 0 Å². The molecule has 2 aromatic heterocycles. The summed E-state index contributed by atoms with van der Waals surface area (Å²) in [7, 11) is 1.75. The van der Waals surface area contributed by atoms with E-state index < -0.39 is 6.10 Å². The molecule has 1 unspecified atom stereocenters. The molecule has 2 heterocycles. The quantitative estimate of drug-likeness (QED) is 0.924. The highest BCUT2D eigenvalue weighted by Gasteiger charge is 2.23. The monoisotopic (exact) mass is 272 g/mol. The number of aliphatic hydroxyl groups is 1. The van der Waals surface area contributed by atoms with E-state index in [0.29, 0.717) is 10.7 Å². The number of aliphatic hydroxyl groups excluding tert-OH is 1. The molecular weight excluding hydrogens is 260 g/mol. The highest BCUT2D eigenvalue weighted by atomic mass is 35.5. The summed E-state index contributed by atoms with van der Waals surface area (Å²) in [6.07, 6.45) is 2.48. The first-order valence-corrected chi connectivity index (χ1v) is 6.46. The summed E-state index contributed by atoms with van der Waals surface area (Å²) in [6, 6.07) is 0. The topological polar surface area (TPSA) is 63.8 Å². The van der Waals surface area contributed by atoms with Crippen molar-refractivity contribution in [2.24, 2.45) is 7.05 Å². The minimum Gasteiger partial charge on any atom is -0.381 e. The lowest BCUT2D eigenvalue weighted by molar-refractivity contribution is 0.212. The Morgan fingerprint density at radius 1 is 1.59 bits per heavy atom. The van der Waals surface area contributed by atoms with Crippen LogP contribution in [0.3, 0.4) is 0 Å². The van der Waals surface area contributed by atoms with Gasteiger partial charge in [0.25, 0.3) is 0 Å². The van der Waals surface area contributed by atoms with Crippen LogP contribution in [0.15, 0.2) is 6.20 Å². The molecular formula is C10H13ClN4OS. The fourth-order valence-electron chi connectivity index (χ4n) is 1.69. The van der Waals surface area contributed by atoms with Crippen LogP contribution in [0.1, 0.15) is 35.7 Å². The zero-order valence-electron chi connectivity index (χ0n) is 9.59. The molecule has 0 saturated carbocycles. The lowest BCUT2D eigenvalue weighted by atomic mass is 10.1. The lowest BCUT2D eigenvalue weighted by Gasteiger charge is -2.10. The SMILES string of the molecule is CCCc1nnsc1C(O)c1c(Cl)cnn1C. The van der Waals surface area contributed by atoms with E-state index in [-0.39, 0.29) is 0 Å². The average Bonchev–Trinajstić information content (AvgIpc) is 2.86. The Morgan fingerprint density at radius 3 is 2.94 bits per heavy atom. The number of nitrogens with zero attached hydrogens (tertiary/aromatic N) is 4. The first-order chi connectivity index (χ1) is 8.15. The van der Waals surface area contributed by atoms with Crippen molar-refractivity contribution in [3.05, 3.63) is 27.5 Å². The van der Waals surface area contributed by atoms with Crippen LogP contribution < -0.4 is 0 Å². The maximum absolute atomic E-state index is 10.3. The van der Waals surface area contributed by atoms with Crippen molar-refractivity contribution in [3.63, 3.8) is 0 Å². The predicted molar refractivity (Wildman–Crippen MR) is 66.2 cm³/mol. The molecule has 0 bridgehead atoms. The molecule has 0 amide bonds. The van der Waals surface area contributed by atoms with Crippen molar-refractivity contribution in [2.45, 2.75) is 25.9 Å². The molecule has 1 N–H and O–H groups in total. The van der Waals surface area contributed by atoms with Crippen LogP contribution in [0, 0.1) is 0 Å². The molecule has 1 atom stereocenters. The second kappa shape index (κ2) is 5.12. The molecule has 5 nitrogen and oxygen atoms in total. The summed E-state index contributed by atoms with van der Waals surface area (Å²) >= 11 is 7.21. The van der Waals surface area contributed by atoms with Crippen molar-refractivity contribution < 1.29 is 5.11 Å². The molecule has 0 aliphatic heterocycles. The van der Waals surface area contributed by atoms with Crippen LogP contribution in [0.4, 0.5) is 0 Å². The zero-order chi connectivity index (χ0) is 12.4. The van der Waals surface area contributed by atoms with Crippen LogP contribution in [0.2, 0.25) is 5.02 Å². The highest BCUT2D eigenvalue weighted by molar-refractivity contribution is 7.05. The van der Waals surface area contributed by atoms with E-state index in [1.165, 1.54) is 17.7 Å². The van der Waals surface area contributed by atoms with Gasteiger partial charge in [0.15, 0.2) is 0 Å². The summed E-state index contributed by atoms with van der Waals surface area (Å²) in [5.74, 6) is 0. The summed E-state index contributed by atoms with van der Waals surface area (Å²) in [5.41, 5.74) is 1.41. The smallest absolute Gasteiger partial charge is 0.135 e. The van der Waals surface area contributed by atoms with Gasteiger partial charge in [-0.1, -0.05) is 29.4 Å². The second-order valence-corrected chi connectivity index (χ2v) is 4.93. The van der Waals surface area contributed by atoms with Gasteiger partial charge in [0, 0.05) is 7.05 Å². The number of aryl methyl sites for hydroxylation is 2. The Morgan fingerprint density at radius 2 is 2.35 bits per heavy atom. The van der Waals surface area contributed by atoms with Gasteiger partial charge in [0.2, 0.25) is 0 Å². The van der Waals surface area contributed by atoms with Crippen molar-refractivity contribution in [1.82, 2.24) is 19.4 Å². The Balaban J connectivity index is 2.37. The van der Waals surface area contributed by atoms with Crippen LogP contribution in [-0.2, 0) is 13.5 Å². The van der Waals surface area contributed by atoms with E-state index in [9.17, 15) is 5.11 Å². The third-order valence-electron chi connectivity index (χ3n) is 2.52. The van der Waals surface area contributed by atoms with Gasteiger partial charge in [0.05, 0.1) is 27.5 Å². The predicted octanol–water partition coefficient (Wildman–Crippen LogP) is 1.96. The highest BCUT2D eigenvalue weighted by Crippen LogP contribution is 2.31. The Kier molecular flexibility index (Phi) is 3.76. The summed E-state index contributed by atoms with van der Waals surface area (Å²) in [6.45, 7) is 2.06. The second-order valence-electron chi connectivity index (χ2n) is 3.74. The van der Waals surface area contributed by atoms with Crippen LogP contribution >= 0.6 is 23.1 Å². The number of hydrogen-bond acceptors (Lipinski definition) is 5. The Bertz CT molecular complexity index is 491. The molecule has 0 fully saturated rings. The van der Waals surface area contributed by atoms with Gasteiger partial charge >= 0.3 is 0 Å². The van der Waals surface area contributed by atoms with E-state index in [0.717, 1.165) is 23.4 Å². The number of rotatable bonds is 4. The van der Waals surface area contributed by atoms with Gasteiger partial charge in [0.1, 0.15) is 6.10 Å². The number of halogens is 1. The molecule has 0 aliphatic carbocycles. The molecule has 0 saturated heterocycles. The number of aromatic nitrogens is 4. The fourth-order valence-corrected chi connectivity index (χ4v) is 2.64. The minimum atomic E-state index is -0.809. The fraction of sp³-hybridized carbons (Fsp3) is 0.500. The van der Waals surface area contributed by atoms with E-state index >= 15 is 0 Å². The van der Waals surface area contributed by atoms with Gasteiger partial charge < -0.3 is 5.11 Å². The summed E-state index contributed by atoms with van der Waals surface area (Å²) in [5, 5.41) is 18.8. The van der Waals surface area contributed by atoms with Gasteiger partial charge in [-0.3, -0.25) is 4.68 Å². The number of hydrogen-bond donors (Lipinski definition) is 1. The first kappa shape index (κ1) is 12.5. The van der Waals surface area contributed by atoms with Gasteiger partial charge in [-0.15, -0.1) is 5.10 Å². The molecule has 7 heteroatoms. The normalized spacial score (nSPS) is 12.9. The van der Waals surface area contributed by atoms with Gasteiger partial charge in [-0.2, -0.15) is 5.10 Å². The van der Waals surface area contributed by atoms with E-state index in [2.05, 4.69) is 21.6 Å². The molecule has 17 heavy (non-hydrogen) atoms. The zero-order valence-corrected chi connectivity index (χ0v) is 11.2. The molecule has 92 valence electrons. The van der Waals surface area contributed by atoms with Crippen LogP contribution in [0.25, 0.3) is 0 Å². The molecule has 0 aliphatic rings. The maximum Gasteiger partial charge on any atom is 0.135 e. The summed E-state index contributed by atoms with van der Waals surface area (Å²) < 4.78 is 5.46. The van der Waals surface area contributed by atoms with Crippen LogP contribution in [0.5, 0.6) is 0 Å². The molecule has 2 aromatic rings. The third kappa shape index (κ3) is 2.34. The first-order valence-electron chi connectivity index (χ1n) is 5.31. The maximum atomic E-state index is 10.3. The standard InChI is InChI=1S/C10H13ClN4OS/c1-3-4-7-10(17-14-13-7)9(16)8-6(11)5-12-15(8)2/h5,9,16H,3-4H2,1-2H3. The minimum absolute atomic E-state index is 0.454. The summed E-state index contributed by atoms with van der Waals surface area (Å²) in [4.78, 5) is 0.748. The molecule has 0 aromatic carbocycles. The molecule has 2 rings (SSSR count). The molecule has 0 radical (unpaired) electrons. The van der Waals surface area contributed by atoms with Gasteiger partial charge in [-0.05, 0) is 18.0 Å². The van der Waals surface area contributed by atoms with E-state index in [4.69, 9.17) is 11.6 Å². The van der Waals surface area contributed by atoms with Gasteiger partial charge in [-0.25, -0.2) is 0 Å². The lowest BCUT2D eigenvalue weighted by Crippen LogP contribution is -2.08. The van der Waals surface area contributed by atoms with E-state index in [1.54, 1.807) is 11.7 Å². The average molecular weight is 273 g/mol. The third-order valence-corrected chi connectivity index (χ3v) is 3.63. The molecule has 0 spiro atoms. The Labute approximate surface area is 108 Å². The van der Waals surface area contributed by atoms with Crippen molar-refractivity contribution in [3.8, 4) is 0 Å².